The van der Waals surface area contributed by atoms with Gasteiger partial charge in [-0.15, -0.1) is 0 Å². The number of nitrogens with two attached hydrogens (primary N) is 2. The monoisotopic (exact) mass is 617 g/mol. The molecule has 2 saturated carbocycles. The first-order valence-corrected chi connectivity index (χ1v) is 16.9. The number of nitrogens with one attached hydrogen (secondary N) is 2. The second kappa shape index (κ2) is 15.3. The fourth-order valence-corrected chi connectivity index (χ4v) is 7.74. The number of fused-ring (bicyclic) bond motifs is 2. The lowest BCUT2D eigenvalue weighted by Gasteiger charge is -2.37. The number of nitrogens with zero attached hydrogens (tertiary/aromatic N) is 1. The highest BCUT2D eigenvalue weighted by atomic mass is 16.7. The maximum Gasteiger partial charge on any atom is 0.350 e. The molecule has 8 atom stereocenters. The number of aliphatic hydroxyl groups is 1. The lowest BCUT2D eigenvalue weighted by molar-refractivity contribution is -0.163. The SMILES string of the molecule is CCCCC[C@H](CCCO)OC(=O)[C@]12O[C@@]1(CC=C(C)C[C@@H](NC(N)=NC)C1CCNC(N)C1)C(=O)C1CCCCC1C2=O. The van der Waals surface area contributed by atoms with E-state index >= 15 is 0 Å². The predicted octanol–water partition coefficient (Wildman–Crippen LogP) is 2.63. The van der Waals surface area contributed by atoms with Crippen LogP contribution in [-0.4, -0.2) is 78.3 Å². The van der Waals surface area contributed by atoms with Crippen molar-refractivity contribution in [1.82, 2.24) is 10.6 Å². The van der Waals surface area contributed by atoms with Crippen molar-refractivity contribution in [2.24, 2.45) is 34.2 Å². The third-order valence-electron chi connectivity index (χ3n) is 10.3. The number of hydrogen-bond donors (Lipinski definition) is 5. The number of unbranched alkanes of at least 4 members (excludes halogenated alkanes) is 2. The number of hydrogen-bond acceptors (Lipinski definition) is 9. The number of aliphatic hydroxyl groups excluding tert-OH is 1. The number of ketones is 2. The van der Waals surface area contributed by atoms with Gasteiger partial charge < -0.3 is 36.7 Å². The molecule has 0 spiro atoms. The molecule has 7 N–H and O–H groups in total. The van der Waals surface area contributed by atoms with Gasteiger partial charge in [0.2, 0.25) is 0 Å². The number of piperidine rings is 1. The van der Waals surface area contributed by atoms with Crippen LogP contribution < -0.4 is 22.1 Å². The Morgan fingerprint density at radius 1 is 1.18 bits per heavy atom. The summed E-state index contributed by atoms with van der Waals surface area (Å²) < 4.78 is 12.2. The van der Waals surface area contributed by atoms with Gasteiger partial charge in [0.25, 0.3) is 5.60 Å². The molecule has 4 rings (SSSR count). The van der Waals surface area contributed by atoms with E-state index in [0.29, 0.717) is 44.5 Å². The molecule has 0 aromatic heterocycles. The number of ether oxygens (including phenoxy) is 2. The summed E-state index contributed by atoms with van der Waals surface area (Å²) in [5, 5.41) is 16.0. The van der Waals surface area contributed by atoms with Gasteiger partial charge in [0.05, 0.1) is 6.17 Å². The quantitative estimate of drug-likeness (QED) is 0.0348. The maximum absolute atomic E-state index is 14.1. The second-order valence-corrected chi connectivity index (χ2v) is 13.4. The summed E-state index contributed by atoms with van der Waals surface area (Å²) in [5.41, 5.74) is 9.84. The summed E-state index contributed by atoms with van der Waals surface area (Å²) in [6, 6.07) is -0.0164. The van der Waals surface area contributed by atoms with Crippen molar-refractivity contribution < 1.29 is 29.0 Å². The summed E-state index contributed by atoms with van der Waals surface area (Å²) in [6.45, 7) is 4.90. The number of guanidine groups is 1. The predicted molar refractivity (Wildman–Crippen MR) is 169 cm³/mol. The Morgan fingerprint density at radius 2 is 1.89 bits per heavy atom. The molecule has 2 saturated heterocycles. The molecule has 44 heavy (non-hydrogen) atoms. The van der Waals surface area contributed by atoms with E-state index in [2.05, 4.69) is 22.5 Å². The van der Waals surface area contributed by atoms with Crippen molar-refractivity contribution in [2.75, 3.05) is 20.2 Å². The molecule has 4 unspecified atom stereocenters. The van der Waals surface area contributed by atoms with Crippen molar-refractivity contribution in [3.63, 3.8) is 0 Å². The molecule has 11 heteroatoms. The Kier molecular flexibility index (Phi) is 12.0. The maximum atomic E-state index is 14.1. The largest absolute Gasteiger partial charge is 0.460 e. The highest BCUT2D eigenvalue weighted by molar-refractivity contribution is 6.23. The van der Waals surface area contributed by atoms with Crippen molar-refractivity contribution >= 4 is 23.5 Å². The van der Waals surface area contributed by atoms with Crippen LogP contribution in [0.3, 0.4) is 0 Å². The molecule has 2 aliphatic heterocycles. The Hall–Kier alpha value is -2.34. The molecule has 4 aliphatic rings. The zero-order valence-corrected chi connectivity index (χ0v) is 26.9. The van der Waals surface area contributed by atoms with E-state index in [-0.39, 0.29) is 42.7 Å². The van der Waals surface area contributed by atoms with Crippen LogP contribution in [0.4, 0.5) is 0 Å². The van der Waals surface area contributed by atoms with Gasteiger partial charge in [-0.25, -0.2) is 4.79 Å². The molecule has 2 aliphatic carbocycles. The lowest BCUT2D eigenvalue weighted by Crippen LogP contribution is -2.58. The highest BCUT2D eigenvalue weighted by Crippen LogP contribution is 2.61. The standard InChI is InChI=1S/C33H55N5O6/c1-4-5-6-10-23(11-9-18-39)43-30(42)33-29(41)25-13-8-7-12-24(25)28(40)32(33,44-33)16-14-21(2)19-26(38-31(35)36-3)22-15-17-37-27(34)20-22/h14,22-27,37,39H,4-13,15-20,34H2,1-3H3,(H3,35,36,38)/t22?,23-,24?,25?,26-,27?,32+,33+/m1/s1. The zero-order chi connectivity index (χ0) is 31.9. The summed E-state index contributed by atoms with van der Waals surface area (Å²) in [4.78, 5) is 46.3. The second-order valence-electron chi connectivity index (χ2n) is 13.4. The minimum Gasteiger partial charge on any atom is -0.460 e. The van der Waals surface area contributed by atoms with E-state index in [1.807, 2.05) is 13.0 Å². The van der Waals surface area contributed by atoms with E-state index in [0.717, 1.165) is 57.1 Å². The first kappa shape index (κ1) is 34.5. The first-order valence-electron chi connectivity index (χ1n) is 16.9. The van der Waals surface area contributed by atoms with Crippen LogP contribution in [0.5, 0.6) is 0 Å². The van der Waals surface area contributed by atoms with E-state index in [9.17, 15) is 19.5 Å². The molecule has 248 valence electrons. The molecule has 4 fully saturated rings. The summed E-state index contributed by atoms with van der Waals surface area (Å²) in [5.74, 6) is -1.47. The number of esters is 1. The van der Waals surface area contributed by atoms with Gasteiger partial charge in [-0.05, 0) is 77.2 Å². The van der Waals surface area contributed by atoms with Gasteiger partial charge in [-0.2, -0.15) is 0 Å². The van der Waals surface area contributed by atoms with Crippen LogP contribution >= 0.6 is 0 Å². The van der Waals surface area contributed by atoms with Crippen LogP contribution in [0.1, 0.15) is 104 Å². The number of rotatable bonds is 15. The fraction of sp³-hybridized carbons (Fsp3) is 0.818. The molecule has 0 aromatic carbocycles. The molecule has 0 amide bonds. The van der Waals surface area contributed by atoms with Gasteiger partial charge in [-0.3, -0.25) is 14.6 Å². The number of carbonyl (C=O) groups is 3. The summed E-state index contributed by atoms with van der Waals surface area (Å²) in [7, 11) is 1.64. The van der Waals surface area contributed by atoms with Gasteiger partial charge in [0.1, 0.15) is 6.10 Å². The average molecular weight is 618 g/mol. The molecule has 11 nitrogen and oxygen atoms in total. The number of Topliss-reactive ketones (excluding diaryl/α,β-unsaturated/α-hetero) is 2. The molecular formula is C33H55N5O6. The lowest BCUT2D eigenvalue weighted by atomic mass is 9.61. The molecular weight excluding hydrogens is 562 g/mol. The zero-order valence-electron chi connectivity index (χ0n) is 26.9. The van der Waals surface area contributed by atoms with Crippen molar-refractivity contribution in [3.8, 4) is 0 Å². The van der Waals surface area contributed by atoms with Crippen LogP contribution in [0.2, 0.25) is 0 Å². The smallest absolute Gasteiger partial charge is 0.350 e. The normalized spacial score (nSPS) is 33.7. The Morgan fingerprint density at radius 3 is 2.55 bits per heavy atom. The van der Waals surface area contributed by atoms with Gasteiger partial charge >= 0.3 is 5.97 Å². The van der Waals surface area contributed by atoms with Crippen LogP contribution in [-0.2, 0) is 23.9 Å². The van der Waals surface area contributed by atoms with Gasteiger partial charge in [-0.1, -0.05) is 44.3 Å². The Labute approximate surface area is 262 Å². The van der Waals surface area contributed by atoms with Crippen LogP contribution in [0.25, 0.3) is 0 Å². The minimum absolute atomic E-state index is 0.00638. The number of epoxide rings is 1. The van der Waals surface area contributed by atoms with Crippen LogP contribution in [0, 0.1) is 17.8 Å². The average Bonchev–Trinajstić information content (AvgIpc) is 3.73. The minimum atomic E-state index is -1.89. The molecule has 0 bridgehead atoms. The van der Waals surface area contributed by atoms with E-state index in [1.165, 1.54) is 0 Å². The van der Waals surface area contributed by atoms with Crippen LogP contribution in [0.15, 0.2) is 16.6 Å². The number of carbonyl (C=O) groups excluding carboxylic acids is 3. The third kappa shape index (κ3) is 7.21. The van der Waals surface area contributed by atoms with Crippen molar-refractivity contribution in [1.29, 1.82) is 0 Å². The van der Waals surface area contributed by atoms with Gasteiger partial charge in [0.15, 0.2) is 23.1 Å². The Balaban J connectivity index is 1.57. The van der Waals surface area contributed by atoms with Gasteiger partial charge in [0, 0.05) is 38.0 Å². The van der Waals surface area contributed by atoms with E-state index < -0.39 is 35.1 Å². The Bertz CT molecular complexity index is 1100. The fourth-order valence-electron chi connectivity index (χ4n) is 7.74. The molecule has 2 heterocycles. The van der Waals surface area contributed by atoms with E-state index in [4.69, 9.17) is 20.9 Å². The summed E-state index contributed by atoms with van der Waals surface area (Å²) >= 11 is 0. The third-order valence-corrected chi connectivity index (χ3v) is 10.3. The summed E-state index contributed by atoms with van der Waals surface area (Å²) in [6.07, 6.45) is 11.4. The molecule has 0 aromatic rings. The number of aliphatic imine (C=N–C) groups is 1. The highest BCUT2D eigenvalue weighted by Gasteiger charge is 2.87. The topological polar surface area (TPSA) is 182 Å². The molecule has 0 radical (unpaired) electrons. The van der Waals surface area contributed by atoms with E-state index in [1.54, 1.807) is 7.05 Å². The van der Waals surface area contributed by atoms with Crippen molar-refractivity contribution in [2.45, 2.75) is 133 Å². The van der Waals surface area contributed by atoms with Crippen molar-refractivity contribution in [3.05, 3.63) is 11.6 Å². The first-order chi connectivity index (χ1) is 21.1.